The number of amides is 1. The van der Waals surface area contributed by atoms with Crippen LogP contribution in [0.1, 0.15) is 40.9 Å². The van der Waals surface area contributed by atoms with Gasteiger partial charge in [-0.1, -0.05) is 17.7 Å². The van der Waals surface area contributed by atoms with E-state index in [9.17, 15) is 9.59 Å². The first-order chi connectivity index (χ1) is 14.4. The summed E-state index contributed by atoms with van der Waals surface area (Å²) in [6.45, 7) is 1.97. The van der Waals surface area contributed by atoms with Gasteiger partial charge in [0.05, 0.1) is 4.88 Å². The number of fused-ring (bicyclic) bond motifs is 1. The van der Waals surface area contributed by atoms with Gasteiger partial charge in [0.2, 0.25) is 0 Å². The number of hydrogen-bond acceptors (Lipinski definition) is 5. The molecule has 2 bridgehead atoms. The van der Waals surface area contributed by atoms with Crippen molar-refractivity contribution in [2.75, 3.05) is 6.61 Å². The predicted octanol–water partition coefficient (Wildman–Crippen LogP) is 4.95. The number of Topliss-reactive ketones (excluding diaryl/α,β-unsaturated/α-hetero) is 1. The lowest BCUT2D eigenvalue weighted by atomic mass is 9.38. The van der Waals surface area contributed by atoms with Gasteiger partial charge in [0.25, 0.3) is 5.91 Å². The van der Waals surface area contributed by atoms with E-state index < -0.39 is 0 Å². The molecule has 3 fully saturated rings. The van der Waals surface area contributed by atoms with Crippen LogP contribution in [0.5, 0.6) is 5.75 Å². The third-order valence-electron chi connectivity index (χ3n) is 6.14. The fourth-order valence-corrected chi connectivity index (χ4v) is 5.96. The number of thiophene rings is 1. The number of nitrogens with zero attached hydrogens (tertiary/aromatic N) is 1. The average Bonchev–Trinajstić information content (AvgIpc) is 3.10. The van der Waals surface area contributed by atoms with Crippen molar-refractivity contribution in [3.8, 4) is 5.75 Å². The van der Waals surface area contributed by atoms with Crippen molar-refractivity contribution in [3.05, 3.63) is 58.1 Å². The van der Waals surface area contributed by atoms with Crippen LogP contribution in [0.3, 0.4) is 0 Å². The lowest BCUT2D eigenvalue weighted by Gasteiger charge is -2.70. The molecule has 3 aliphatic rings. The van der Waals surface area contributed by atoms with Crippen LogP contribution in [0.25, 0.3) is 10.2 Å². The fourth-order valence-electron chi connectivity index (χ4n) is 4.95. The first-order valence-corrected chi connectivity index (χ1v) is 11.1. The van der Waals surface area contributed by atoms with E-state index >= 15 is 0 Å². The van der Waals surface area contributed by atoms with Crippen LogP contribution < -0.4 is 10.1 Å². The molecule has 30 heavy (non-hydrogen) atoms. The number of ketones is 1. The van der Waals surface area contributed by atoms with Crippen LogP contribution in [0.2, 0.25) is 5.02 Å². The SMILES string of the molecule is Cc1cc(OCC(=O)CC23CC(NC(=O)c4cc5cccnc5s4)(C2)C3)ccc1Cl. The molecule has 154 valence electrons. The molecule has 0 atom stereocenters. The number of halogens is 1. The molecule has 3 aromatic rings. The summed E-state index contributed by atoms with van der Waals surface area (Å²) < 4.78 is 5.63. The maximum absolute atomic E-state index is 12.7. The van der Waals surface area contributed by atoms with Gasteiger partial charge >= 0.3 is 0 Å². The zero-order chi connectivity index (χ0) is 20.9. The number of ether oxygens (including phenoxy) is 1. The van der Waals surface area contributed by atoms with Crippen molar-refractivity contribution < 1.29 is 14.3 Å². The molecule has 1 amide bonds. The van der Waals surface area contributed by atoms with E-state index in [4.69, 9.17) is 16.3 Å². The number of hydrogen-bond donors (Lipinski definition) is 1. The molecule has 0 aliphatic heterocycles. The molecule has 0 unspecified atom stereocenters. The molecule has 0 saturated heterocycles. The molecule has 0 spiro atoms. The summed E-state index contributed by atoms with van der Waals surface area (Å²) >= 11 is 7.43. The van der Waals surface area contributed by atoms with E-state index in [-0.39, 0.29) is 29.3 Å². The maximum atomic E-state index is 12.7. The van der Waals surface area contributed by atoms with E-state index in [1.807, 2.05) is 31.2 Å². The average molecular weight is 441 g/mol. The zero-order valence-electron chi connectivity index (χ0n) is 16.5. The molecule has 3 aliphatic carbocycles. The number of pyridine rings is 1. The van der Waals surface area contributed by atoms with Gasteiger partial charge in [-0.05, 0) is 67.5 Å². The molecule has 2 heterocycles. The Morgan fingerprint density at radius 3 is 2.77 bits per heavy atom. The Bertz CT molecular complexity index is 1120. The Kier molecular flexibility index (Phi) is 4.60. The van der Waals surface area contributed by atoms with Crippen LogP contribution >= 0.6 is 22.9 Å². The number of benzene rings is 1. The number of nitrogens with one attached hydrogen (secondary N) is 1. The Balaban J connectivity index is 1.12. The van der Waals surface area contributed by atoms with E-state index in [1.165, 1.54) is 11.3 Å². The van der Waals surface area contributed by atoms with Crippen molar-refractivity contribution in [2.24, 2.45) is 5.41 Å². The Morgan fingerprint density at radius 1 is 1.23 bits per heavy atom. The van der Waals surface area contributed by atoms with Gasteiger partial charge in [-0.25, -0.2) is 4.98 Å². The number of rotatable bonds is 7. The van der Waals surface area contributed by atoms with Crippen LogP contribution in [0.15, 0.2) is 42.6 Å². The Hall–Kier alpha value is -2.44. The minimum Gasteiger partial charge on any atom is -0.486 e. The summed E-state index contributed by atoms with van der Waals surface area (Å²) in [5, 5.41) is 4.86. The summed E-state index contributed by atoms with van der Waals surface area (Å²) in [5.74, 6) is 0.710. The minimum atomic E-state index is -0.144. The number of carbonyl (C=O) groups excluding carboxylic acids is 2. The molecule has 7 heteroatoms. The molecule has 1 aromatic carbocycles. The van der Waals surface area contributed by atoms with Crippen LogP contribution in [0, 0.1) is 12.3 Å². The van der Waals surface area contributed by atoms with Gasteiger partial charge in [0.15, 0.2) is 5.78 Å². The van der Waals surface area contributed by atoms with Gasteiger partial charge in [-0.3, -0.25) is 9.59 Å². The smallest absolute Gasteiger partial charge is 0.261 e. The zero-order valence-corrected chi connectivity index (χ0v) is 18.1. The molecule has 1 N–H and O–H groups in total. The van der Waals surface area contributed by atoms with E-state index in [1.54, 1.807) is 18.3 Å². The third kappa shape index (κ3) is 3.48. The van der Waals surface area contributed by atoms with Gasteiger partial charge in [0, 0.05) is 28.6 Å². The summed E-state index contributed by atoms with van der Waals surface area (Å²) in [5.41, 5.74) is 0.814. The summed E-state index contributed by atoms with van der Waals surface area (Å²) in [4.78, 5) is 30.9. The van der Waals surface area contributed by atoms with E-state index in [2.05, 4.69) is 10.3 Å². The second kappa shape index (κ2) is 7.06. The van der Waals surface area contributed by atoms with Crippen LogP contribution in [-0.2, 0) is 4.79 Å². The maximum Gasteiger partial charge on any atom is 0.261 e. The molecule has 5 nitrogen and oxygen atoms in total. The topological polar surface area (TPSA) is 68.3 Å². The second-order valence-electron chi connectivity index (χ2n) is 8.69. The Labute approximate surface area is 183 Å². The fraction of sp³-hybridized carbons (Fsp3) is 0.348. The predicted molar refractivity (Wildman–Crippen MR) is 117 cm³/mol. The summed E-state index contributed by atoms with van der Waals surface area (Å²) in [7, 11) is 0. The highest BCUT2D eigenvalue weighted by molar-refractivity contribution is 7.20. The lowest BCUT2D eigenvalue weighted by Crippen LogP contribution is -2.75. The van der Waals surface area contributed by atoms with Gasteiger partial charge in [-0.15, -0.1) is 11.3 Å². The third-order valence-corrected chi connectivity index (χ3v) is 7.62. The van der Waals surface area contributed by atoms with E-state index in [0.717, 1.165) is 35.0 Å². The monoisotopic (exact) mass is 440 g/mol. The molecule has 6 rings (SSSR count). The summed E-state index contributed by atoms with van der Waals surface area (Å²) in [6.07, 6.45) is 4.83. The van der Waals surface area contributed by atoms with Crippen molar-refractivity contribution in [1.29, 1.82) is 0 Å². The van der Waals surface area contributed by atoms with Gasteiger partial charge in [-0.2, -0.15) is 0 Å². The molecule has 3 saturated carbocycles. The van der Waals surface area contributed by atoms with E-state index in [0.29, 0.717) is 22.1 Å². The second-order valence-corrected chi connectivity index (χ2v) is 10.1. The van der Waals surface area contributed by atoms with Crippen molar-refractivity contribution in [1.82, 2.24) is 10.3 Å². The minimum absolute atomic E-state index is 0.0331. The lowest BCUT2D eigenvalue weighted by molar-refractivity contribution is -0.162. The standard InChI is InChI=1S/C23H21ClN2O3S/c1-14-7-17(4-5-18(14)24)29-10-16(27)9-22-11-23(12-22,13-22)26-20(28)19-8-15-3-2-6-25-21(15)30-19/h2-8H,9-13H2,1H3,(H,26,28). The largest absolute Gasteiger partial charge is 0.486 e. The van der Waals surface area contributed by atoms with Gasteiger partial charge in [0.1, 0.15) is 17.2 Å². The van der Waals surface area contributed by atoms with Crippen molar-refractivity contribution in [3.63, 3.8) is 0 Å². The first kappa shape index (κ1) is 19.5. The van der Waals surface area contributed by atoms with Crippen LogP contribution in [0.4, 0.5) is 0 Å². The number of carbonyl (C=O) groups is 2. The highest BCUT2D eigenvalue weighted by atomic mass is 35.5. The first-order valence-electron chi connectivity index (χ1n) is 9.93. The van der Waals surface area contributed by atoms with Crippen molar-refractivity contribution >= 4 is 44.8 Å². The highest BCUT2D eigenvalue weighted by Gasteiger charge is 2.68. The van der Waals surface area contributed by atoms with Gasteiger partial charge < -0.3 is 10.1 Å². The molecular formula is C23H21ClN2O3S. The number of aryl methyl sites for hydroxylation is 1. The highest BCUT2D eigenvalue weighted by Crippen LogP contribution is 2.69. The van der Waals surface area contributed by atoms with Crippen molar-refractivity contribution in [2.45, 2.75) is 38.1 Å². The molecular weight excluding hydrogens is 420 g/mol. The molecule has 0 radical (unpaired) electrons. The molecule has 2 aromatic heterocycles. The normalized spacial score (nSPS) is 24.1. The quantitative estimate of drug-likeness (QED) is 0.564. The Morgan fingerprint density at radius 2 is 2.03 bits per heavy atom. The summed E-state index contributed by atoms with van der Waals surface area (Å²) in [6, 6.07) is 11.1. The van der Waals surface area contributed by atoms with Crippen LogP contribution in [-0.4, -0.2) is 28.8 Å². The number of aromatic nitrogens is 1.